The fourth-order valence-electron chi connectivity index (χ4n) is 2.64. The van der Waals surface area contributed by atoms with E-state index >= 15 is 0 Å². The molecule has 0 spiro atoms. The lowest BCUT2D eigenvalue weighted by atomic mass is 9.78. The molecule has 0 amide bonds. The molecule has 2 rings (SSSR count). The fourth-order valence-corrected chi connectivity index (χ4v) is 3.01. The monoisotopic (exact) mass is 340 g/mol. The van der Waals surface area contributed by atoms with E-state index in [1.54, 1.807) is 12.1 Å². The van der Waals surface area contributed by atoms with Crippen molar-refractivity contribution in [3.8, 4) is 0 Å². The minimum Gasteiger partial charge on any atom is -0.299 e. The van der Waals surface area contributed by atoms with Crippen LogP contribution in [0, 0.1) is 15.5 Å². The Bertz CT molecular complexity index is 497. The van der Waals surface area contributed by atoms with Crippen LogP contribution in [0.25, 0.3) is 0 Å². The van der Waals surface area contributed by atoms with Gasteiger partial charge in [0.1, 0.15) is 0 Å². The van der Waals surface area contributed by atoms with E-state index in [9.17, 15) is 10.1 Å². The summed E-state index contributed by atoms with van der Waals surface area (Å²) in [5.74, 6) is 0. The van der Waals surface area contributed by atoms with Crippen LogP contribution >= 0.6 is 15.9 Å². The third kappa shape index (κ3) is 3.58. The summed E-state index contributed by atoms with van der Waals surface area (Å²) in [4.78, 5) is 12.9. The lowest BCUT2D eigenvalue weighted by Crippen LogP contribution is -2.37. The van der Waals surface area contributed by atoms with Gasteiger partial charge in [-0.25, -0.2) is 0 Å². The van der Waals surface area contributed by atoms with Crippen LogP contribution in [-0.2, 0) is 6.54 Å². The number of likely N-dealkylation sites (tertiary alicyclic amines) is 1. The molecule has 0 saturated carbocycles. The van der Waals surface area contributed by atoms with Crippen molar-refractivity contribution in [1.82, 2.24) is 4.90 Å². The lowest BCUT2D eigenvalue weighted by Gasteiger charge is -2.39. The van der Waals surface area contributed by atoms with Crippen LogP contribution in [0.3, 0.4) is 0 Å². The fraction of sp³-hybridized carbons (Fsp3) is 0.600. The Labute approximate surface area is 128 Å². The van der Waals surface area contributed by atoms with Crippen LogP contribution < -0.4 is 0 Å². The van der Waals surface area contributed by atoms with Crippen molar-refractivity contribution in [1.29, 1.82) is 0 Å². The highest BCUT2D eigenvalue weighted by Gasteiger charge is 2.28. The number of nitrogens with zero attached hydrogens (tertiary/aromatic N) is 2. The second-order valence-corrected chi connectivity index (χ2v) is 6.83. The zero-order chi connectivity index (χ0) is 14.8. The van der Waals surface area contributed by atoms with Gasteiger partial charge in [0, 0.05) is 23.2 Å². The van der Waals surface area contributed by atoms with Crippen molar-refractivity contribution in [3.05, 3.63) is 38.3 Å². The molecule has 1 fully saturated rings. The van der Waals surface area contributed by atoms with Crippen molar-refractivity contribution >= 4 is 21.6 Å². The van der Waals surface area contributed by atoms with Gasteiger partial charge in [0.2, 0.25) is 0 Å². The minimum atomic E-state index is -0.333. The summed E-state index contributed by atoms with van der Waals surface area (Å²) in [5, 5.41) is 10.9. The summed E-state index contributed by atoms with van der Waals surface area (Å²) >= 11 is 3.49. The van der Waals surface area contributed by atoms with Crippen LogP contribution in [0.2, 0.25) is 0 Å². The van der Waals surface area contributed by atoms with Crippen LogP contribution in [0.4, 0.5) is 5.69 Å². The summed E-state index contributed by atoms with van der Waals surface area (Å²) in [6.45, 7) is 7.53. The van der Waals surface area contributed by atoms with Gasteiger partial charge in [0.25, 0.3) is 5.69 Å². The number of halogens is 1. The molecule has 4 nitrogen and oxygen atoms in total. The Morgan fingerprint density at radius 1 is 1.40 bits per heavy atom. The topological polar surface area (TPSA) is 46.4 Å². The Balaban J connectivity index is 2.04. The molecule has 1 aromatic rings. The van der Waals surface area contributed by atoms with E-state index in [4.69, 9.17) is 0 Å². The van der Waals surface area contributed by atoms with Crippen LogP contribution in [0.5, 0.6) is 0 Å². The van der Waals surface area contributed by atoms with Gasteiger partial charge in [0.15, 0.2) is 0 Å². The number of hydrogen-bond acceptors (Lipinski definition) is 3. The SMILES string of the molecule is CCC1(C)CCN(Cc2cc([N+](=O)[O-])ccc2Br)CC1. The normalized spacial score (nSPS) is 18.9. The second-order valence-electron chi connectivity index (χ2n) is 5.97. The number of piperidine rings is 1. The Morgan fingerprint density at radius 2 is 2.05 bits per heavy atom. The van der Waals surface area contributed by atoms with Gasteiger partial charge in [0.05, 0.1) is 4.92 Å². The molecule has 0 N–H and O–H groups in total. The summed E-state index contributed by atoms with van der Waals surface area (Å²) in [5.41, 5.74) is 1.63. The molecular weight excluding hydrogens is 320 g/mol. The number of rotatable bonds is 4. The first-order chi connectivity index (χ1) is 9.43. The summed E-state index contributed by atoms with van der Waals surface area (Å²) < 4.78 is 0.951. The van der Waals surface area contributed by atoms with E-state index in [1.165, 1.54) is 25.3 Å². The van der Waals surface area contributed by atoms with Gasteiger partial charge in [-0.2, -0.15) is 0 Å². The average Bonchev–Trinajstić information content (AvgIpc) is 2.43. The van der Waals surface area contributed by atoms with Gasteiger partial charge in [-0.05, 0) is 43.0 Å². The van der Waals surface area contributed by atoms with Crippen molar-refractivity contribution in [3.63, 3.8) is 0 Å². The molecule has 0 unspecified atom stereocenters. The van der Waals surface area contributed by atoms with Gasteiger partial charge in [-0.3, -0.25) is 15.0 Å². The zero-order valence-corrected chi connectivity index (χ0v) is 13.6. The second kappa shape index (κ2) is 6.22. The molecular formula is C15H21BrN2O2. The quantitative estimate of drug-likeness (QED) is 0.603. The number of nitro groups is 1. The smallest absolute Gasteiger partial charge is 0.269 e. The van der Waals surface area contributed by atoms with Crippen molar-refractivity contribution in [2.45, 2.75) is 39.7 Å². The molecule has 0 aliphatic carbocycles. The molecule has 1 aliphatic heterocycles. The maximum absolute atomic E-state index is 10.9. The predicted octanol–water partition coefficient (Wildman–Crippen LogP) is 4.37. The lowest BCUT2D eigenvalue weighted by molar-refractivity contribution is -0.384. The average molecular weight is 341 g/mol. The van der Waals surface area contributed by atoms with E-state index in [2.05, 4.69) is 34.7 Å². The van der Waals surface area contributed by atoms with Crippen LogP contribution in [-0.4, -0.2) is 22.9 Å². The molecule has 0 radical (unpaired) electrons. The van der Waals surface area contributed by atoms with Crippen LogP contribution in [0.15, 0.2) is 22.7 Å². The van der Waals surface area contributed by atoms with Gasteiger partial charge in [-0.15, -0.1) is 0 Å². The molecule has 0 bridgehead atoms. The van der Waals surface area contributed by atoms with Crippen LogP contribution in [0.1, 0.15) is 38.7 Å². The van der Waals surface area contributed by atoms with Gasteiger partial charge < -0.3 is 0 Å². The van der Waals surface area contributed by atoms with E-state index in [0.717, 1.165) is 29.7 Å². The number of non-ortho nitro benzene ring substituents is 1. The molecule has 1 heterocycles. The molecule has 110 valence electrons. The highest BCUT2D eigenvalue weighted by Crippen LogP contribution is 2.35. The van der Waals surface area contributed by atoms with Crippen molar-refractivity contribution < 1.29 is 4.92 Å². The Kier molecular flexibility index (Phi) is 4.81. The van der Waals surface area contributed by atoms with Gasteiger partial charge in [-0.1, -0.05) is 36.2 Å². The third-order valence-corrected chi connectivity index (χ3v) is 5.32. The maximum atomic E-state index is 10.9. The number of benzene rings is 1. The highest BCUT2D eigenvalue weighted by molar-refractivity contribution is 9.10. The first-order valence-corrected chi connectivity index (χ1v) is 7.88. The molecule has 1 aliphatic rings. The molecule has 1 aromatic carbocycles. The van der Waals surface area contributed by atoms with Gasteiger partial charge >= 0.3 is 0 Å². The first-order valence-electron chi connectivity index (χ1n) is 7.09. The molecule has 0 atom stereocenters. The largest absolute Gasteiger partial charge is 0.299 e. The number of nitro benzene ring substituents is 1. The maximum Gasteiger partial charge on any atom is 0.269 e. The molecule has 5 heteroatoms. The molecule has 0 aromatic heterocycles. The molecule has 20 heavy (non-hydrogen) atoms. The van der Waals surface area contributed by atoms with E-state index in [1.807, 2.05) is 0 Å². The van der Waals surface area contributed by atoms with E-state index < -0.39 is 0 Å². The zero-order valence-electron chi connectivity index (χ0n) is 12.1. The highest BCUT2D eigenvalue weighted by atomic mass is 79.9. The Hall–Kier alpha value is -0.940. The van der Waals surface area contributed by atoms with E-state index in [0.29, 0.717) is 5.41 Å². The first kappa shape index (κ1) is 15.4. The summed E-state index contributed by atoms with van der Waals surface area (Å²) in [6, 6.07) is 4.99. The molecule has 1 saturated heterocycles. The number of hydrogen-bond donors (Lipinski definition) is 0. The Morgan fingerprint density at radius 3 is 2.60 bits per heavy atom. The van der Waals surface area contributed by atoms with Crippen molar-refractivity contribution in [2.75, 3.05) is 13.1 Å². The van der Waals surface area contributed by atoms with E-state index in [-0.39, 0.29) is 10.6 Å². The summed E-state index contributed by atoms with van der Waals surface area (Å²) in [7, 11) is 0. The van der Waals surface area contributed by atoms with Crippen molar-refractivity contribution in [2.24, 2.45) is 5.41 Å². The minimum absolute atomic E-state index is 0.165. The standard InChI is InChI=1S/C15H21BrN2O2/c1-3-15(2)6-8-17(9-7-15)11-12-10-13(18(19)20)4-5-14(12)16/h4-5,10H,3,6-9,11H2,1-2H3. The predicted molar refractivity (Wildman–Crippen MR) is 83.7 cm³/mol. The third-order valence-electron chi connectivity index (χ3n) is 4.55. The summed E-state index contributed by atoms with van der Waals surface area (Å²) in [6.07, 6.45) is 3.63.